The van der Waals surface area contributed by atoms with E-state index in [1.807, 2.05) is 41.7 Å². The van der Waals surface area contributed by atoms with Gasteiger partial charge >= 0.3 is 6.18 Å². The first-order valence-corrected chi connectivity index (χ1v) is 9.75. The van der Waals surface area contributed by atoms with Crippen LogP contribution in [-0.2, 0) is 17.5 Å². The molecular weight excluding hydrogens is 371 g/mol. The summed E-state index contributed by atoms with van der Waals surface area (Å²) in [6.45, 7) is -0.271. The van der Waals surface area contributed by atoms with Gasteiger partial charge in [-0.25, -0.2) is 0 Å². The Morgan fingerprint density at radius 3 is 2.72 bits per heavy atom. The number of nitrogens with zero attached hydrogens (tertiary/aromatic N) is 2. The lowest BCUT2D eigenvalue weighted by Crippen LogP contribution is -2.20. The van der Waals surface area contributed by atoms with Gasteiger partial charge < -0.3 is 5.32 Å². The number of hydrogen-bond acceptors (Lipinski definition) is 4. The number of thioether (sulfide) groups is 2. The van der Waals surface area contributed by atoms with E-state index in [0.717, 1.165) is 34.0 Å². The number of halogens is 3. The van der Waals surface area contributed by atoms with Gasteiger partial charge in [0.15, 0.2) is 5.69 Å². The molecule has 2 aromatic rings. The topological polar surface area (TPSA) is 46.9 Å². The summed E-state index contributed by atoms with van der Waals surface area (Å²) in [5.74, 6) is 1.82. The van der Waals surface area contributed by atoms with E-state index < -0.39 is 17.8 Å². The van der Waals surface area contributed by atoms with E-state index in [9.17, 15) is 18.0 Å². The van der Waals surface area contributed by atoms with Gasteiger partial charge in [0, 0.05) is 11.9 Å². The Morgan fingerprint density at radius 1 is 1.28 bits per heavy atom. The van der Waals surface area contributed by atoms with Gasteiger partial charge in [-0.2, -0.15) is 18.3 Å². The normalized spacial score (nSPS) is 16.0. The van der Waals surface area contributed by atoms with Gasteiger partial charge in [-0.15, -0.1) is 23.5 Å². The fourth-order valence-corrected chi connectivity index (χ4v) is 5.27. The third kappa shape index (κ3) is 4.94. The molecule has 0 bridgehead atoms. The van der Waals surface area contributed by atoms with E-state index in [1.165, 1.54) is 6.42 Å². The van der Waals surface area contributed by atoms with Crippen LogP contribution in [0.25, 0.3) is 0 Å². The maximum absolute atomic E-state index is 12.5. The van der Waals surface area contributed by atoms with Crippen molar-refractivity contribution in [3.63, 3.8) is 0 Å². The van der Waals surface area contributed by atoms with Crippen LogP contribution in [0, 0.1) is 0 Å². The first kappa shape index (κ1) is 18.2. The number of benzene rings is 1. The van der Waals surface area contributed by atoms with Crippen molar-refractivity contribution in [2.24, 2.45) is 0 Å². The molecule has 1 aliphatic heterocycles. The van der Waals surface area contributed by atoms with Gasteiger partial charge in [-0.1, -0.05) is 12.1 Å². The third-order valence-electron chi connectivity index (χ3n) is 3.51. The van der Waals surface area contributed by atoms with Gasteiger partial charge in [0.2, 0.25) is 5.91 Å². The zero-order valence-corrected chi connectivity index (χ0v) is 14.8. The monoisotopic (exact) mass is 387 g/mol. The number of carbonyl (C=O) groups excluding carboxylic acids is 1. The van der Waals surface area contributed by atoms with Crippen LogP contribution in [0.4, 0.5) is 18.9 Å². The van der Waals surface area contributed by atoms with Crippen molar-refractivity contribution in [1.29, 1.82) is 0 Å². The molecule has 1 aromatic carbocycles. The molecule has 1 aliphatic rings. The largest absolute Gasteiger partial charge is 0.435 e. The fraction of sp³-hybridized carbons (Fsp3) is 0.375. The Morgan fingerprint density at radius 2 is 2.04 bits per heavy atom. The maximum Gasteiger partial charge on any atom is 0.435 e. The minimum absolute atomic E-state index is 0.271. The van der Waals surface area contributed by atoms with Crippen molar-refractivity contribution in [3.8, 4) is 0 Å². The SMILES string of the molecule is O=C(Cn1ccc(C(F)(F)F)n1)Nc1cccc(C2SCCCS2)c1. The van der Waals surface area contributed by atoms with Crippen LogP contribution in [0.1, 0.15) is 22.3 Å². The molecule has 134 valence electrons. The number of carbonyl (C=O) groups is 1. The number of amides is 1. The second kappa shape index (κ2) is 7.74. The van der Waals surface area contributed by atoms with E-state index >= 15 is 0 Å². The van der Waals surface area contributed by atoms with E-state index in [-0.39, 0.29) is 6.54 Å². The highest BCUT2D eigenvalue weighted by atomic mass is 32.2. The maximum atomic E-state index is 12.5. The zero-order valence-electron chi connectivity index (χ0n) is 13.1. The second-order valence-electron chi connectivity index (χ2n) is 5.50. The summed E-state index contributed by atoms with van der Waals surface area (Å²) in [7, 11) is 0. The fourth-order valence-electron chi connectivity index (χ4n) is 2.39. The molecule has 9 heteroatoms. The summed E-state index contributed by atoms with van der Waals surface area (Å²) < 4.78 is 38.9. The lowest BCUT2D eigenvalue weighted by molar-refractivity contribution is -0.141. The van der Waals surface area contributed by atoms with Crippen molar-refractivity contribution in [1.82, 2.24) is 9.78 Å². The van der Waals surface area contributed by atoms with Crippen LogP contribution in [-0.4, -0.2) is 27.2 Å². The summed E-state index contributed by atoms with van der Waals surface area (Å²) in [6, 6.07) is 8.43. The van der Waals surface area contributed by atoms with Crippen molar-refractivity contribution in [2.45, 2.75) is 23.7 Å². The Balaban J connectivity index is 1.62. The Labute approximate surface area is 151 Å². The molecule has 1 aromatic heterocycles. The molecule has 0 radical (unpaired) electrons. The summed E-state index contributed by atoms with van der Waals surface area (Å²) in [5, 5.41) is 6.10. The summed E-state index contributed by atoms with van der Waals surface area (Å²) >= 11 is 3.76. The van der Waals surface area contributed by atoms with E-state index in [0.29, 0.717) is 10.3 Å². The van der Waals surface area contributed by atoms with Crippen molar-refractivity contribution in [2.75, 3.05) is 16.8 Å². The zero-order chi connectivity index (χ0) is 17.9. The highest BCUT2D eigenvalue weighted by Crippen LogP contribution is 2.44. The van der Waals surface area contributed by atoms with Gasteiger partial charge in [0.05, 0.1) is 4.58 Å². The number of alkyl halides is 3. The lowest BCUT2D eigenvalue weighted by Gasteiger charge is -2.21. The molecule has 1 amide bonds. The first-order valence-electron chi connectivity index (χ1n) is 7.65. The van der Waals surface area contributed by atoms with Crippen LogP contribution in [0.3, 0.4) is 0 Å². The van der Waals surface area contributed by atoms with Crippen LogP contribution >= 0.6 is 23.5 Å². The van der Waals surface area contributed by atoms with Gasteiger partial charge in [-0.05, 0) is 41.7 Å². The molecule has 3 rings (SSSR count). The van der Waals surface area contributed by atoms with Crippen molar-refractivity contribution >= 4 is 35.1 Å². The molecule has 1 N–H and O–H groups in total. The molecule has 25 heavy (non-hydrogen) atoms. The van der Waals surface area contributed by atoms with Crippen LogP contribution in [0.5, 0.6) is 0 Å². The minimum atomic E-state index is -4.51. The van der Waals surface area contributed by atoms with E-state index in [2.05, 4.69) is 10.4 Å². The molecule has 0 spiro atoms. The number of nitrogens with one attached hydrogen (secondary N) is 1. The molecule has 0 unspecified atom stereocenters. The summed E-state index contributed by atoms with van der Waals surface area (Å²) in [6.07, 6.45) is -2.16. The first-order chi connectivity index (χ1) is 11.9. The molecule has 4 nitrogen and oxygen atoms in total. The molecule has 1 saturated heterocycles. The average Bonchev–Trinajstić information content (AvgIpc) is 3.04. The van der Waals surface area contributed by atoms with Crippen LogP contribution in [0.15, 0.2) is 36.5 Å². The van der Waals surface area contributed by atoms with Crippen LogP contribution in [0.2, 0.25) is 0 Å². The molecule has 0 saturated carbocycles. The standard InChI is InChI=1S/C16H16F3N3OS2/c17-16(18,19)13-5-6-22(21-13)10-14(23)20-12-4-1-3-11(9-12)15-24-7-2-8-25-15/h1,3-6,9,15H,2,7-8,10H2,(H,20,23). The van der Waals surface area contributed by atoms with E-state index in [1.54, 1.807) is 6.07 Å². The van der Waals surface area contributed by atoms with Gasteiger partial charge in [0.1, 0.15) is 6.54 Å². The molecule has 1 fully saturated rings. The number of anilines is 1. The average molecular weight is 387 g/mol. The van der Waals surface area contributed by atoms with Gasteiger partial charge in [-0.3, -0.25) is 9.48 Å². The number of aromatic nitrogens is 2. The van der Waals surface area contributed by atoms with E-state index in [4.69, 9.17) is 0 Å². The van der Waals surface area contributed by atoms with Gasteiger partial charge in [0.25, 0.3) is 0 Å². The highest BCUT2D eigenvalue weighted by molar-refractivity contribution is 8.16. The Bertz CT molecular complexity index is 742. The Kier molecular flexibility index (Phi) is 5.63. The van der Waals surface area contributed by atoms with Crippen molar-refractivity contribution in [3.05, 3.63) is 47.8 Å². The minimum Gasteiger partial charge on any atom is -0.324 e. The molecule has 0 atom stereocenters. The smallest absolute Gasteiger partial charge is 0.324 e. The second-order valence-corrected chi connectivity index (χ2v) is 8.22. The third-order valence-corrected chi connectivity index (χ3v) is 6.52. The predicted molar refractivity (Wildman–Crippen MR) is 94.6 cm³/mol. The Hall–Kier alpha value is -1.61. The molecule has 0 aliphatic carbocycles. The summed E-state index contributed by atoms with van der Waals surface area (Å²) in [4.78, 5) is 12.1. The molecule has 2 heterocycles. The van der Waals surface area contributed by atoms with Crippen molar-refractivity contribution < 1.29 is 18.0 Å². The summed E-state index contributed by atoms with van der Waals surface area (Å²) in [5.41, 5.74) is 0.761. The highest BCUT2D eigenvalue weighted by Gasteiger charge is 2.33. The number of hydrogen-bond donors (Lipinski definition) is 1. The molecular formula is C16H16F3N3OS2. The van der Waals surface area contributed by atoms with Crippen LogP contribution < -0.4 is 5.32 Å². The quantitative estimate of drug-likeness (QED) is 0.844. The predicted octanol–water partition coefficient (Wildman–Crippen LogP) is 4.41. The number of rotatable bonds is 4. The lowest BCUT2D eigenvalue weighted by atomic mass is 10.2.